The first kappa shape index (κ1) is 12.1. The lowest BCUT2D eigenvalue weighted by Gasteiger charge is -2.12. The fourth-order valence-corrected chi connectivity index (χ4v) is 2.68. The minimum atomic E-state index is 0.0821. The van der Waals surface area contributed by atoms with Crippen LogP contribution in [0.5, 0.6) is 5.75 Å². The molecular formula is C14H17NOS. The van der Waals surface area contributed by atoms with Gasteiger partial charge < -0.3 is 10.5 Å². The summed E-state index contributed by atoms with van der Waals surface area (Å²) in [5.41, 5.74) is 7.41. The van der Waals surface area contributed by atoms with Crippen LogP contribution in [-0.2, 0) is 0 Å². The SMILES string of the molecule is Cc1ccsc1C(N)CCOc1ccccc1. The van der Waals surface area contributed by atoms with Gasteiger partial charge in [0.05, 0.1) is 6.61 Å². The monoisotopic (exact) mass is 247 g/mol. The van der Waals surface area contributed by atoms with Crippen molar-refractivity contribution in [1.29, 1.82) is 0 Å². The number of aryl methyl sites for hydroxylation is 1. The molecule has 0 saturated carbocycles. The van der Waals surface area contributed by atoms with E-state index in [0.29, 0.717) is 6.61 Å². The van der Waals surface area contributed by atoms with E-state index in [2.05, 4.69) is 18.4 Å². The maximum Gasteiger partial charge on any atom is 0.119 e. The Labute approximate surface area is 106 Å². The Bertz CT molecular complexity index is 452. The average molecular weight is 247 g/mol. The normalized spacial score (nSPS) is 12.4. The van der Waals surface area contributed by atoms with Gasteiger partial charge >= 0.3 is 0 Å². The Morgan fingerprint density at radius 1 is 1.24 bits per heavy atom. The molecule has 2 aromatic rings. The first-order valence-corrected chi connectivity index (χ1v) is 6.63. The summed E-state index contributed by atoms with van der Waals surface area (Å²) in [5, 5.41) is 2.09. The van der Waals surface area contributed by atoms with E-state index >= 15 is 0 Å². The molecule has 0 aliphatic rings. The van der Waals surface area contributed by atoms with E-state index in [9.17, 15) is 0 Å². The Kier molecular flexibility index (Phi) is 4.18. The molecule has 0 aliphatic carbocycles. The molecule has 1 aromatic heterocycles. The van der Waals surface area contributed by atoms with Gasteiger partial charge in [-0.25, -0.2) is 0 Å². The lowest BCUT2D eigenvalue weighted by molar-refractivity contribution is 0.299. The average Bonchev–Trinajstić information content (AvgIpc) is 2.77. The van der Waals surface area contributed by atoms with E-state index in [4.69, 9.17) is 10.5 Å². The Morgan fingerprint density at radius 2 is 2.00 bits per heavy atom. The molecule has 0 fully saturated rings. The summed E-state index contributed by atoms with van der Waals surface area (Å²) in [6, 6.07) is 12.0. The van der Waals surface area contributed by atoms with Crippen molar-refractivity contribution in [1.82, 2.24) is 0 Å². The van der Waals surface area contributed by atoms with Crippen molar-refractivity contribution in [3.05, 3.63) is 52.2 Å². The highest BCUT2D eigenvalue weighted by Gasteiger charge is 2.10. The first-order valence-electron chi connectivity index (χ1n) is 5.75. The standard InChI is InChI=1S/C14H17NOS/c1-11-8-10-17-14(11)13(15)7-9-16-12-5-3-2-4-6-12/h2-6,8,10,13H,7,9,15H2,1H3. The van der Waals surface area contributed by atoms with Crippen molar-refractivity contribution < 1.29 is 4.74 Å². The predicted molar refractivity (Wildman–Crippen MR) is 72.5 cm³/mol. The molecule has 1 aromatic carbocycles. The summed E-state index contributed by atoms with van der Waals surface area (Å²) in [7, 11) is 0. The van der Waals surface area contributed by atoms with Crippen molar-refractivity contribution in [2.45, 2.75) is 19.4 Å². The third-order valence-electron chi connectivity index (χ3n) is 2.68. The van der Waals surface area contributed by atoms with E-state index in [1.807, 2.05) is 30.3 Å². The molecular weight excluding hydrogens is 230 g/mol. The second kappa shape index (κ2) is 5.84. The maximum atomic E-state index is 6.13. The number of hydrogen-bond donors (Lipinski definition) is 1. The van der Waals surface area contributed by atoms with Gasteiger partial charge in [0.25, 0.3) is 0 Å². The van der Waals surface area contributed by atoms with Crippen LogP contribution in [0.2, 0.25) is 0 Å². The topological polar surface area (TPSA) is 35.2 Å². The summed E-state index contributed by atoms with van der Waals surface area (Å²) in [6.45, 7) is 2.76. The molecule has 0 saturated heterocycles. The second-order valence-electron chi connectivity index (χ2n) is 4.02. The van der Waals surface area contributed by atoms with Gasteiger partial charge in [-0.2, -0.15) is 0 Å². The molecule has 3 heteroatoms. The third-order valence-corrected chi connectivity index (χ3v) is 3.83. The molecule has 0 bridgehead atoms. The zero-order chi connectivity index (χ0) is 12.1. The molecule has 0 amide bonds. The third kappa shape index (κ3) is 3.32. The van der Waals surface area contributed by atoms with Crippen LogP contribution >= 0.6 is 11.3 Å². The largest absolute Gasteiger partial charge is 0.494 e. The van der Waals surface area contributed by atoms with E-state index in [-0.39, 0.29) is 6.04 Å². The lowest BCUT2D eigenvalue weighted by Crippen LogP contribution is -2.13. The summed E-state index contributed by atoms with van der Waals surface area (Å²) in [5.74, 6) is 0.905. The minimum Gasteiger partial charge on any atom is -0.494 e. The van der Waals surface area contributed by atoms with Gasteiger partial charge in [-0.3, -0.25) is 0 Å². The predicted octanol–water partition coefficient (Wildman–Crippen LogP) is 3.53. The maximum absolute atomic E-state index is 6.13. The van der Waals surface area contributed by atoms with Gasteiger partial charge in [0.1, 0.15) is 5.75 Å². The summed E-state index contributed by atoms with van der Waals surface area (Å²) >= 11 is 1.72. The van der Waals surface area contributed by atoms with Gasteiger partial charge in [0.15, 0.2) is 0 Å². The number of benzene rings is 1. The van der Waals surface area contributed by atoms with Gasteiger partial charge in [-0.1, -0.05) is 18.2 Å². The summed E-state index contributed by atoms with van der Waals surface area (Å²) in [4.78, 5) is 1.27. The number of ether oxygens (including phenoxy) is 1. The van der Waals surface area contributed by atoms with E-state index in [1.54, 1.807) is 11.3 Å². The van der Waals surface area contributed by atoms with Gasteiger partial charge in [0.2, 0.25) is 0 Å². The van der Waals surface area contributed by atoms with Crippen LogP contribution in [0.15, 0.2) is 41.8 Å². The molecule has 2 nitrogen and oxygen atoms in total. The molecule has 0 spiro atoms. The fourth-order valence-electron chi connectivity index (χ4n) is 1.72. The molecule has 2 N–H and O–H groups in total. The van der Waals surface area contributed by atoms with Crippen molar-refractivity contribution in [3.8, 4) is 5.75 Å². The van der Waals surface area contributed by atoms with Crippen molar-refractivity contribution in [2.24, 2.45) is 5.73 Å². The number of rotatable bonds is 5. The number of para-hydroxylation sites is 1. The smallest absolute Gasteiger partial charge is 0.119 e. The fraction of sp³-hybridized carbons (Fsp3) is 0.286. The van der Waals surface area contributed by atoms with Gasteiger partial charge in [-0.05, 0) is 36.1 Å². The molecule has 1 atom stereocenters. The molecule has 1 heterocycles. The molecule has 0 aliphatic heterocycles. The van der Waals surface area contributed by atoms with E-state index in [1.165, 1.54) is 10.4 Å². The van der Waals surface area contributed by atoms with Crippen LogP contribution in [0.4, 0.5) is 0 Å². The number of thiophene rings is 1. The molecule has 0 radical (unpaired) electrons. The van der Waals surface area contributed by atoms with Crippen LogP contribution in [-0.4, -0.2) is 6.61 Å². The Hall–Kier alpha value is -1.32. The Balaban J connectivity index is 1.81. The Morgan fingerprint density at radius 3 is 2.65 bits per heavy atom. The zero-order valence-corrected chi connectivity index (χ0v) is 10.7. The van der Waals surface area contributed by atoms with E-state index < -0.39 is 0 Å². The second-order valence-corrected chi connectivity index (χ2v) is 4.97. The number of hydrogen-bond acceptors (Lipinski definition) is 3. The zero-order valence-electron chi connectivity index (χ0n) is 9.93. The van der Waals surface area contributed by atoms with Gasteiger partial charge in [0, 0.05) is 17.3 Å². The highest BCUT2D eigenvalue weighted by atomic mass is 32.1. The highest BCUT2D eigenvalue weighted by molar-refractivity contribution is 7.10. The molecule has 17 heavy (non-hydrogen) atoms. The summed E-state index contributed by atoms with van der Waals surface area (Å²) < 4.78 is 5.64. The van der Waals surface area contributed by atoms with Crippen molar-refractivity contribution >= 4 is 11.3 Å². The van der Waals surface area contributed by atoms with Crippen LogP contribution < -0.4 is 10.5 Å². The molecule has 1 unspecified atom stereocenters. The first-order chi connectivity index (χ1) is 8.27. The molecule has 90 valence electrons. The minimum absolute atomic E-state index is 0.0821. The van der Waals surface area contributed by atoms with Crippen LogP contribution in [0.1, 0.15) is 22.9 Å². The van der Waals surface area contributed by atoms with E-state index in [0.717, 1.165) is 12.2 Å². The molecule has 2 rings (SSSR count). The van der Waals surface area contributed by atoms with Gasteiger partial charge in [-0.15, -0.1) is 11.3 Å². The lowest BCUT2D eigenvalue weighted by atomic mass is 10.1. The highest BCUT2D eigenvalue weighted by Crippen LogP contribution is 2.24. The summed E-state index contributed by atoms with van der Waals surface area (Å²) in [6.07, 6.45) is 0.843. The van der Waals surface area contributed by atoms with Crippen LogP contribution in [0.25, 0.3) is 0 Å². The van der Waals surface area contributed by atoms with Crippen LogP contribution in [0, 0.1) is 6.92 Å². The van der Waals surface area contributed by atoms with Crippen molar-refractivity contribution in [2.75, 3.05) is 6.61 Å². The van der Waals surface area contributed by atoms with Crippen LogP contribution in [0.3, 0.4) is 0 Å². The quantitative estimate of drug-likeness (QED) is 0.877. The van der Waals surface area contributed by atoms with Crippen molar-refractivity contribution in [3.63, 3.8) is 0 Å². The number of nitrogens with two attached hydrogens (primary N) is 1.